The molecule has 6 heteroatoms. The van der Waals surface area contributed by atoms with Crippen molar-refractivity contribution >= 4 is 23.3 Å². The fraction of sp³-hybridized carbons (Fsp3) is 0.417. The Morgan fingerprint density at radius 1 is 1.00 bits per heavy atom. The van der Waals surface area contributed by atoms with Crippen LogP contribution in [0.2, 0.25) is 5.02 Å². The number of carbonyl (C=O) groups excluding carboxylic acids is 2. The molecule has 1 saturated heterocycles. The molecular weight excluding hydrogens is 400 g/mol. The van der Waals surface area contributed by atoms with Gasteiger partial charge in [-0.3, -0.25) is 9.59 Å². The fourth-order valence-electron chi connectivity index (χ4n) is 3.63. The lowest BCUT2D eigenvalue weighted by Gasteiger charge is -2.43. The second kappa shape index (κ2) is 8.78. The third-order valence-corrected chi connectivity index (χ3v) is 6.23. The van der Waals surface area contributed by atoms with Crippen LogP contribution < -0.4 is 4.74 Å². The number of benzene rings is 2. The molecule has 0 bridgehead atoms. The first-order valence-electron chi connectivity index (χ1n) is 10.4. The van der Waals surface area contributed by atoms with E-state index in [1.807, 2.05) is 4.90 Å². The highest BCUT2D eigenvalue weighted by Crippen LogP contribution is 2.23. The topological polar surface area (TPSA) is 46.6 Å². The van der Waals surface area contributed by atoms with Gasteiger partial charge in [0.25, 0.3) is 5.91 Å². The van der Waals surface area contributed by atoms with Gasteiger partial charge in [-0.2, -0.15) is 0 Å². The molecule has 30 heavy (non-hydrogen) atoms. The van der Waals surface area contributed by atoms with Crippen molar-refractivity contribution < 1.29 is 18.8 Å². The monoisotopic (exact) mass is 429 g/mol. The minimum absolute atomic E-state index is 0.00818. The summed E-state index contributed by atoms with van der Waals surface area (Å²) in [4.78, 5) is 27.5. The first kappa shape index (κ1) is 22.3. The van der Waals surface area contributed by atoms with Gasteiger partial charge in [0.05, 0.1) is 39.8 Å². The summed E-state index contributed by atoms with van der Waals surface area (Å²) in [6.07, 6.45) is 0. The lowest BCUT2D eigenvalue weighted by atomic mass is 10.0. The van der Waals surface area contributed by atoms with Crippen LogP contribution in [0, 0.1) is 0 Å². The van der Waals surface area contributed by atoms with Crippen LogP contribution in [-0.2, 0) is 4.79 Å². The average Bonchev–Trinajstić information content (AvgIpc) is 2.74. The molecular formula is C24H30ClN2O3+. The largest absolute Gasteiger partial charge is 0.478 e. The Labute approximate surface area is 183 Å². The summed E-state index contributed by atoms with van der Waals surface area (Å²) in [5.41, 5.74) is 0.155. The smallest absolute Gasteiger partial charge is 0.266 e. The van der Waals surface area contributed by atoms with E-state index < -0.39 is 5.60 Å². The van der Waals surface area contributed by atoms with Crippen molar-refractivity contribution in [3.05, 3.63) is 64.7 Å². The first-order chi connectivity index (χ1) is 14.1. The Balaban J connectivity index is 1.64. The third kappa shape index (κ3) is 5.02. The van der Waals surface area contributed by atoms with E-state index in [2.05, 4.69) is 14.0 Å². The number of piperazine rings is 1. The molecule has 0 N–H and O–H groups in total. The molecule has 160 valence electrons. The highest BCUT2D eigenvalue weighted by Gasteiger charge is 2.38. The maximum Gasteiger partial charge on any atom is 0.266 e. The molecule has 1 aliphatic rings. The van der Waals surface area contributed by atoms with E-state index >= 15 is 0 Å². The van der Waals surface area contributed by atoms with Gasteiger partial charge >= 0.3 is 0 Å². The van der Waals surface area contributed by atoms with Crippen LogP contribution in [0.3, 0.4) is 0 Å². The van der Waals surface area contributed by atoms with Crippen LogP contribution in [0.15, 0.2) is 48.5 Å². The molecule has 3 rings (SSSR count). The lowest BCUT2D eigenvalue weighted by molar-refractivity contribution is -0.911. The maximum absolute atomic E-state index is 13.0. The quantitative estimate of drug-likeness (QED) is 0.514. The standard InChI is InChI=1S/C24H30ClN2O3/c1-5-27(4)16-14-26(15-17-27)23(29)24(2,3)30-21-12-8-19(9-13-21)22(28)18-6-10-20(25)11-7-18/h6-13H,5,14-17H2,1-4H3/q+1. The predicted molar refractivity (Wildman–Crippen MR) is 119 cm³/mol. The zero-order chi connectivity index (χ0) is 21.9. The van der Waals surface area contributed by atoms with Gasteiger partial charge in [-0.15, -0.1) is 0 Å². The normalized spacial score (nSPS) is 16.2. The Hall–Kier alpha value is -2.37. The van der Waals surface area contributed by atoms with Crippen molar-refractivity contribution in [2.24, 2.45) is 0 Å². The Kier molecular flexibility index (Phi) is 6.53. The van der Waals surface area contributed by atoms with Crippen LogP contribution in [0.1, 0.15) is 36.7 Å². The number of nitrogens with zero attached hydrogens (tertiary/aromatic N) is 2. The van der Waals surface area contributed by atoms with Gasteiger partial charge in [0.15, 0.2) is 11.4 Å². The molecule has 0 aromatic heterocycles. The fourth-order valence-corrected chi connectivity index (χ4v) is 3.75. The number of likely N-dealkylation sites (N-methyl/N-ethyl adjacent to an activating group) is 1. The highest BCUT2D eigenvalue weighted by molar-refractivity contribution is 6.30. The van der Waals surface area contributed by atoms with Gasteiger partial charge in [0, 0.05) is 16.1 Å². The molecule has 0 aliphatic carbocycles. The van der Waals surface area contributed by atoms with Crippen molar-refractivity contribution in [1.29, 1.82) is 0 Å². The van der Waals surface area contributed by atoms with E-state index in [1.165, 1.54) is 0 Å². The van der Waals surface area contributed by atoms with Crippen molar-refractivity contribution in [1.82, 2.24) is 4.90 Å². The summed E-state index contributed by atoms with van der Waals surface area (Å²) in [5.74, 6) is 0.470. The van der Waals surface area contributed by atoms with E-state index in [4.69, 9.17) is 16.3 Å². The zero-order valence-electron chi connectivity index (χ0n) is 18.2. The summed E-state index contributed by atoms with van der Waals surface area (Å²) >= 11 is 5.89. The molecule has 0 spiro atoms. The van der Waals surface area contributed by atoms with Crippen LogP contribution >= 0.6 is 11.6 Å². The molecule has 0 atom stereocenters. The number of rotatable bonds is 6. The van der Waals surface area contributed by atoms with Gasteiger partial charge in [-0.25, -0.2) is 0 Å². The summed E-state index contributed by atoms with van der Waals surface area (Å²) in [5, 5.41) is 0.592. The molecule has 1 aliphatic heterocycles. The maximum atomic E-state index is 13.0. The summed E-state index contributed by atoms with van der Waals surface area (Å²) in [7, 11) is 2.23. The van der Waals surface area contributed by atoms with Gasteiger partial charge < -0.3 is 14.1 Å². The molecule has 1 amide bonds. The van der Waals surface area contributed by atoms with Crippen LogP contribution in [0.25, 0.3) is 0 Å². The molecule has 1 heterocycles. The molecule has 1 fully saturated rings. The summed E-state index contributed by atoms with van der Waals surface area (Å²) in [6, 6.07) is 13.7. The molecule has 0 saturated carbocycles. The minimum atomic E-state index is -0.978. The van der Waals surface area contributed by atoms with Crippen molar-refractivity contribution in [2.75, 3.05) is 39.8 Å². The van der Waals surface area contributed by atoms with E-state index in [1.54, 1.807) is 62.4 Å². The molecule has 2 aromatic rings. The molecule has 0 unspecified atom stereocenters. The predicted octanol–water partition coefficient (Wildman–Crippen LogP) is 4.04. The molecule has 0 radical (unpaired) electrons. The van der Waals surface area contributed by atoms with Crippen LogP contribution in [-0.4, -0.2) is 66.4 Å². The number of hydrogen-bond acceptors (Lipinski definition) is 3. The third-order valence-electron chi connectivity index (χ3n) is 5.98. The minimum Gasteiger partial charge on any atom is -0.478 e. The second-order valence-corrected chi connectivity index (χ2v) is 9.08. The first-order valence-corrected chi connectivity index (χ1v) is 10.7. The summed E-state index contributed by atoms with van der Waals surface area (Å²) < 4.78 is 7.02. The highest BCUT2D eigenvalue weighted by atomic mass is 35.5. The molecule has 2 aromatic carbocycles. The average molecular weight is 430 g/mol. The van der Waals surface area contributed by atoms with E-state index in [0.717, 1.165) is 37.2 Å². The Morgan fingerprint density at radius 2 is 1.50 bits per heavy atom. The summed E-state index contributed by atoms with van der Waals surface area (Å²) in [6.45, 7) is 10.2. The number of quaternary nitrogens is 1. The Bertz CT molecular complexity index is 899. The number of amides is 1. The number of hydrogen-bond donors (Lipinski definition) is 0. The molecule has 5 nitrogen and oxygen atoms in total. The lowest BCUT2D eigenvalue weighted by Crippen LogP contribution is -2.61. The number of ketones is 1. The van der Waals surface area contributed by atoms with Crippen LogP contribution in [0.4, 0.5) is 0 Å². The van der Waals surface area contributed by atoms with Gasteiger partial charge in [-0.05, 0) is 69.3 Å². The van der Waals surface area contributed by atoms with Crippen molar-refractivity contribution in [3.8, 4) is 5.75 Å². The number of halogens is 1. The van der Waals surface area contributed by atoms with E-state index in [9.17, 15) is 9.59 Å². The van der Waals surface area contributed by atoms with Gasteiger partial charge in [-0.1, -0.05) is 11.6 Å². The number of carbonyl (C=O) groups is 2. The SMILES string of the molecule is CC[N+]1(C)CCN(C(=O)C(C)(C)Oc2ccc(C(=O)c3ccc(Cl)cc3)cc2)CC1. The van der Waals surface area contributed by atoms with Crippen molar-refractivity contribution in [2.45, 2.75) is 26.4 Å². The zero-order valence-corrected chi connectivity index (χ0v) is 18.9. The van der Waals surface area contributed by atoms with Crippen LogP contribution in [0.5, 0.6) is 5.75 Å². The van der Waals surface area contributed by atoms with Crippen molar-refractivity contribution in [3.63, 3.8) is 0 Å². The van der Waals surface area contributed by atoms with E-state index in [0.29, 0.717) is 21.9 Å². The number of ether oxygens (including phenoxy) is 1. The van der Waals surface area contributed by atoms with Gasteiger partial charge in [0.2, 0.25) is 0 Å². The van der Waals surface area contributed by atoms with E-state index in [-0.39, 0.29) is 11.7 Å². The second-order valence-electron chi connectivity index (χ2n) is 8.65. The van der Waals surface area contributed by atoms with Gasteiger partial charge in [0.1, 0.15) is 5.75 Å². The Morgan fingerprint density at radius 3 is 2.00 bits per heavy atom.